The number of hydrogen-bond donors (Lipinski definition) is 3. The molecular formula is C12H18N2O6S2. The SMILES string of the molecule is COCC(C)(CC(=O)O)NC(=O)CNS(=O)(=O)c1cccs1. The minimum Gasteiger partial charge on any atom is -0.481 e. The smallest absolute Gasteiger partial charge is 0.305 e. The second-order valence-electron chi connectivity index (χ2n) is 4.87. The van der Waals surface area contributed by atoms with E-state index < -0.39 is 34.0 Å². The van der Waals surface area contributed by atoms with Crippen LogP contribution >= 0.6 is 11.3 Å². The van der Waals surface area contributed by atoms with Gasteiger partial charge in [-0.2, -0.15) is 0 Å². The normalized spacial score (nSPS) is 14.3. The van der Waals surface area contributed by atoms with Crippen LogP contribution in [0.1, 0.15) is 13.3 Å². The van der Waals surface area contributed by atoms with E-state index >= 15 is 0 Å². The highest BCUT2D eigenvalue weighted by Gasteiger charge is 2.30. The van der Waals surface area contributed by atoms with Crippen LogP contribution in [0.5, 0.6) is 0 Å². The van der Waals surface area contributed by atoms with Crippen LogP contribution in [0, 0.1) is 0 Å². The van der Waals surface area contributed by atoms with Gasteiger partial charge in [-0.25, -0.2) is 13.1 Å². The van der Waals surface area contributed by atoms with Crippen LogP contribution in [-0.2, 0) is 24.3 Å². The highest BCUT2D eigenvalue weighted by molar-refractivity contribution is 7.91. The number of methoxy groups -OCH3 is 1. The molecule has 3 N–H and O–H groups in total. The highest BCUT2D eigenvalue weighted by atomic mass is 32.2. The first-order valence-corrected chi connectivity index (χ1v) is 8.60. The van der Waals surface area contributed by atoms with Gasteiger partial charge in [0.1, 0.15) is 4.21 Å². The van der Waals surface area contributed by atoms with Gasteiger partial charge < -0.3 is 15.2 Å². The largest absolute Gasteiger partial charge is 0.481 e. The zero-order valence-electron chi connectivity index (χ0n) is 12.2. The monoisotopic (exact) mass is 350 g/mol. The molecule has 0 aliphatic rings. The Bertz CT molecular complexity index is 614. The third-order valence-corrected chi connectivity index (χ3v) is 5.43. The van der Waals surface area contributed by atoms with Crippen LogP contribution < -0.4 is 10.0 Å². The Kier molecular flexibility index (Phi) is 6.48. The number of ether oxygens (including phenoxy) is 1. The molecule has 124 valence electrons. The molecule has 1 heterocycles. The Morgan fingerprint density at radius 2 is 2.14 bits per heavy atom. The van der Waals surface area contributed by atoms with Gasteiger partial charge in [-0.1, -0.05) is 6.07 Å². The van der Waals surface area contributed by atoms with Crippen LogP contribution in [0.3, 0.4) is 0 Å². The molecule has 0 aliphatic carbocycles. The summed E-state index contributed by atoms with van der Waals surface area (Å²) in [5, 5.41) is 12.9. The number of nitrogens with one attached hydrogen (secondary N) is 2. The van der Waals surface area contributed by atoms with Crippen LogP contribution in [0.4, 0.5) is 0 Å². The Balaban J connectivity index is 2.63. The average Bonchev–Trinajstić information content (AvgIpc) is 2.90. The molecule has 0 bridgehead atoms. The molecule has 1 aromatic heterocycles. The fraction of sp³-hybridized carbons (Fsp3) is 0.500. The van der Waals surface area contributed by atoms with Crippen molar-refractivity contribution in [3.8, 4) is 0 Å². The van der Waals surface area contributed by atoms with E-state index in [-0.39, 0.29) is 17.2 Å². The summed E-state index contributed by atoms with van der Waals surface area (Å²) >= 11 is 1.03. The van der Waals surface area contributed by atoms with E-state index in [0.29, 0.717) is 0 Å². The average molecular weight is 350 g/mol. The molecule has 1 unspecified atom stereocenters. The first kappa shape index (κ1) is 18.6. The summed E-state index contributed by atoms with van der Waals surface area (Å²) in [4.78, 5) is 22.7. The van der Waals surface area contributed by atoms with Gasteiger partial charge >= 0.3 is 5.97 Å². The first-order chi connectivity index (χ1) is 10.2. The molecule has 1 aromatic rings. The van der Waals surface area contributed by atoms with Gasteiger partial charge in [-0.3, -0.25) is 9.59 Å². The first-order valence-electron chi connectivity index (χ1n) is 6.23. The maximum Gasteiger partial charge on any atom is 0.305 e. The van der Waals surface area contributed by atoms with E-state index in [9.17, 15) is 18.0 Å². The van der Waals surface area contributed by atoms with Crippen molar-refractivity contribution in [3.63, 3.8) is 0 Å². The number of carbonyl (C=O) groups excluding carboxylic acids is 1. The molecule has 0 radical (unpaired) electrons. The van der Waals surface area contributed by atoms with Crippen LogP contribution in [0.25, 0.3) is 0 Å². The van der Waals surface area contributed by atoms with Gasteiger partial charge in [0.15, 0.2) is 0 Å². The molecule has 1 rings (SSSR count). The molecule has 0 aliphatic heterocycles. The maximum absolute atomic E-state index is 11.9. The van der Waals surface area contributed by atoms with Gasteiger partial charge in [-0.05, 0) is 18.4 Å². The second-order valence-corrected chi connectivity index (χ2v) is 7.81. The molecule has 0 saturated carbocycles. The van der Waals surface area contributed by atoms with E-state index in [1.807, 2.05) is 0 Å². The molecule has 0 aromatic carbocycles. The number of amides is 1. The predicted octanol–water partition coefficient (Wildman–Crippen LogP) is 0.0224. The van der Waals surface area contributed by atoms with Gasteiger partial charge in [0, 0.05) is 7.11 Å². The highest BCUT2D eigenvalue weighted by Crippen LogP contribution is 2.15. The molecule has 22 heavy (non-hydrogen) atoms. The second kappa shape index (κ2) is 7.68. The fourth-order valence-electron chi connectivity index (χ4n) is 1.81. The fourth-order valence-corrected chi connectivity index (χ4v) is 3.83. The van der Waals surface area contributed by atoms with Crippen LogP contribution in [0.15, 0.2) is 21.7 Å². The Hall–Kier alpha value is -1.49. The number of rotatable bonds is 9. The lowest BCUT2D eigenvalue weighted by atomic mass is 9.99. The van der Waals surface area contributed by atoms with E-state index in [1.54, 1.807) is 11.4 Å². The van der Waals surface area contributed by atoms with Crippen molar-refractivity contribution in [1.82, 2.24) is 10.0 Å². The summed E-state index contributed by atoms with van der Waals surface area (Å²) in [6.45, 7) is 1.01. The zero-order chi connectivity index (χ0) is 16.8. The quantitative estimate of drug-likeness (QED) is 0.577. The lowest BCUT2D eigenvalue weighted by Crippen LogP contribution is -2.53. The minimum atomic E-state index is -3.74. The molecule has 1 atom stereocenters. The van der Waals surface area contributed by atoms with Crippen molar-refractivity contribution in [2.45, 2.75) is 23.1 Å². The van der Waals surface area contributed by atoms with Crippen molar-refractivity contribution < 1.29 is 27.9 Å². The van der Waals surface area contributed by atoms with Gasteiger partial charge in [0.2, 0.25) is 5.91 Å². The van der Waals surface area contributed by atoms with E-state index in [0.717, 1.165) is 11.3 Å². The summed E-state index contributed by atoms with van der Waals surface area (Å²) in [6.07, 6.45) is -0.343. The number of aliphatic carboxylic acids is 1. The third kappa shape index (κ3) is 5.72. The number of hydrogen-bond acceptors (Lipinski definition) is 6. The van der Waals surface area contributed by atoms with E-state index in [1.165, 1.54) is 20.1 Å². The summed E-state index contributed by atoms with van der Waals surface area (Å²) in [6, 6.07) is 3.01. The molecular weight excluding hydrogens is 332 g/mol. The third-order valence-electron chi connectivity index (χ3n) is 2.63. The minimum absolute atomic E-state index is 0.0112. The van der Waals surface area contributed by atoms with E-state index in [4.69, 9.17) is 9.84 Å². The molecule has 0 saturated heterocycles. The summed E-state index contributed by atoms with van der Waals surface area (Å²) < 4.78 is 30.9. The lowest BCUT2D eigenvalue weighted by Gasteiger charge is -2.28. The molecule has 0 fully saturated rings. The number of carbonyl (C=O) groups is 2. The summed E-state index contributed by atoms with van der Waals surface area (Å²) in [7, 11) is -2.36. The number of sulfonamides is 1. The van der Waals surface area contributed by atoms with Crippen molar-refractivity contribution in [2.75, 3.05) is 20.3 Å². The standard InChI is InChI=1S/C12H18N2O6S2/c1-12(8-20-2,6-10(16)17)14-9(15)7-13-22(18,19)11-4-3-5-21-11/h3-5,13H,6-8H2,1-2H3,(H,14,15)(H,16,17). The Morgan fingerprint density at radius 3 is 2.64 bits per heavy atom. The Labute approximate surface area is 132 Å². The van der Waals surface area contributed by atoms with Gasteiger partial charge in [-0.15, -0.1) is 11.3 Å². The summed E-state index contributed by atoms with van der Waals surface area (Å²) in [5.41, 5.74) is -1.12. The van der Waals surface area contributed by atoms with Crippen molar-refractivity contribution in [3.05, 3.63) is 17.5 Å². The van der Waals surface area contributed by atoms with Gasteiger partial charge in [0.05, 0.1) is 25.1 Å². The molecule has 10 heteroatoms. The lowest BCUT2D eigenvalue weighted by molar-refractivity contribution is -0.139. The van der Waals surface area contributed by atoms with Crippen molar-refractivity contribution >= 4 is 33.2 Å². The van der Waals surface area contributed by atoms with Crippen molar-refractivity contribution in [1.29, 1.82) is 0 Å². The number of carboxylic acids is 1. The zero-order valence-corrected chi connectivity index (χ0v) is 13.8. The van der Waals surface area contributed by atoms with Crippen molar-refractivity contribution in [2.24, 2.45) is 0 Å². The topological polar surface area (TPSA) is 122 Å². The van der Waals surface area contributed by atoms with Gasteiger partial charge in [0.25, 0.3) is 10.0 Å². The van der Waals surface area contributed by atoms with Crippen LogP contribution in [-0.4, -0.2) is 51.2 Å². The number of thiophene rings is 1. The van der Waals surface area contributed by atoms with E-state index in [2.05, 4.69) is 10.0 Å². The summed E-state index contributed by atoms with van der Waals surface area (Å²) in [5.74, 6) is -1.74. The Morgan fingerprint density at radius 1 is 1.45 bits per heavy atom. The predicted molar refractivity (Wildman–Crippen MR) is 80.2 cm³/mol. The number of carboxylic acid groups (broad SMARTS) is 1. The maximum atomic E-state index is 11.9. The molecule has 1 amide bonds. The molecule has 8 nitrogen and oxygen atoms in total. The molecule has 0 spiro atoms. The van der Waals surface area contributed by atoms with Crippen LogP contribution in [0.2, 0.25) is 0 Å².